The largest absolute Gasteiger partial charge is 0.361 e. The molecule has 82 valence electrons. The molecule has 0 saturated heterocycles. The fourth-order valence-electron chi connectivity index (χ4n) is 1.64. The fraction of sp³-hybridized carbons (Fsp3) is 0.273. The van der Waals surface area contributed by atoms with Gasteiger partial charge in [-0.2, -0.15) is 0 Å². The fourth-order valence-corrected chi connectivity index (χ4v) is 1.64. The summed E-state index contributed by atoms with van der Waals surface area (Å²) in [5, 5.41) is 1.22. The van der Waals surface area contributed by atoms with Gasteiger partial charge in [-0.1, -0.05) is 12.1 Å². The SMILES string of the molecule is Cl.NCC[C@H](N)c1ccc2cc[nH]c2c1. The zero-order valence-corrected chi connectivity index (χ0v) is 9.26. The van der Waals surface area contributed by atoms with Crippen LogP contribution < -0.4 is 11.5 Å². The molecule has 0 radical (unpaired) electrons. The summed E-state index contributed by atoms with van der Waals surface area (Å²) in [4.78, 5) is 3.17. The van der Waals surface area contributed by atoms with Crippen LogP contribution in [0.1, 0.15) is 18.0 Å². The lowest BCUT2D eigenvalue weighted by atomic mass is 10.0. The Morgan fingerprint density at radius 1 is 1.27 bits per heavy atom. The molecule has 3 nitrogen and oxygen atoms in total. The van der Waals surface area contributed by atoms with Gasteiger partial charge in [0, 0.05) is 17.8 Å². The maximum absolute atomic E-state index is 5.97. The second-order valence-electron chi connectivity index (χ2n) is 3.51. The van der Waals surface area contributed by atoms with E-state index in [0.29, 0.717) is 6.54 Å². The zero-order chi connectivity index (χ0) is 9.97. The smallest absolute Gasteiger partial charge is 0.0457 e. The highest BCUT2D eigenvalue weighted by Gasteiger charge is 2.05. The molecule has 5 N–H and O–H groups in total. The Morgan fingerprint density at radius 2 is 2.07 bits per heavy atom. The molecule has 0 bridgehead atoms. The topological polar surface area (TPSA) is 67.8 Å². The Balaban J connectivity index is 0.00000112. The van der Waals surface area contributed by atoms with Crippen LogP contribution in [0.2, 0.25) is 0 Å². The number of halogens is 1. The Kier molecular flexibility index (Phi) is 4.15. The molecule has 0 spiro atoms. The van der Waals surface area contributed by atoms with Gasteiger partial charge in [0.05, 0.1) is 0 Å². The molecular weight excluding hydrogens is 210 g/mol. The molecule has 0 aliphatic heterocycles. The second-order valence-corrected chi connectivity index (χ2v) is 3.51. The van der Waals surface area contributed by atoms with E-state index in [9.17, 15) is 0 Å². The lowest BCUT2D eigenvalue weighted by Gasteiger charge is -2.10. The lowest BCUT2D eigenvalue weighted by molar-refractivity contribution is 0.662. The number of aromatic amines is 1. The summed E-state index contributed by atoms with van der Waals surface area (Å²) >= 11 is 0. The predicted octanol–water partition coefficient (Wildman–Crippen LogP) is 1.94. The molecule has 1 heterocycles. The minimum Gasteiger partial charge on any atom is -0.361 e. The van der Waals surface area contributed by atoms with Crippen LogP contribution in [0.3, 0.4) is 0 Å². The summed E-state index contributed by atoms with van der Waals surface area (Å²) in [5.41, 5.74) is 13.7. The van der Waals surface area contributed by atoms with Gasteiger partial charge in [-0.15, -0.1) is 12.4 Å². The third-order valence-electron chi connectivity index (χ3n) is 2.48. The number of hydrogen-bond donors (Lipinski definition) is 3. The first-order chi connectivity index (χ1) is 6.81. The van der Waals surface area contributed by atoms with Crippen molar-refractivity contribution in [2.45, 2.75) is 12.5 Å². The number of hydrogen-bond acceptors (Lipinski definition) is 2. The van der Waals surface area contributed by atoms with Crippen molar-refractivity contribution < 1.29 is 0 Å². The number of nitrogens with one attached hydrogen (secondary N) is 1. The highest BCUT2D eigenvalue weighted by atomic mass is 35.5. The van der Waals surface area contributed by atoms with Crippen LogP contribution in [0.25, 0.3) is 10.9 Å². The van der Waals surface area contributed by atoms with E-state index in [1.165, 1.54) is 5.39 Å². The highest BCUT2D eigenvalue weighted by molar-refractivity contribution is 5.85. The Labute approximate surface area is 95.2 Å². The van der Waals surface area contributed by atoms with Crippen LogP contribution in [-0.2, 0) is 0 Å². The van der Waals surface area contributed by atoms with Crippen LogP contribution in [0.15, 0.2) is 30.5 Å². The van der Waals surface area contributed by atoms with Gasteiger partial charge in [-0.25, -0.2) is 0 Å². The third-order valence-corrected chi connectivity index (χ3v) is 2.48. The predicted molar refractivity (Wildman–Crippen MR) is 66.1 cm³/mol. The molecule has 0 fully saturated rings. The number of benzene rings is 1. The molecule has 0 aliphatic rings. The minimum absolute atomic E-state index is 0. The summed E-state index contributed by atoms with van der Waals surface area (Å²) in [6.45, 7) is 0.629. The van der Waals surface area contributed by atoms with Crippen molar-refractivity contribution in [1.82, 2.24) is 4.98 Å². The van der Waals surface area contributed by atoms with Gasteiger partial charge >= 0.3 is 0 Å². The van der Waals surface area contributed by atoms with Crippen LogP contribution in [0.5, 0.6) is 0 Å². The van der Waals surface area contributed by atoms with Crippen molar-refractivity contribution in [2.24, 2.45) is 11.5 Å². The van der Waals surface area contributed by atoms with Crippen molar-refractivity contribution in [2.75, 3.05) is 6.54 Å². The van der Waals surface area contributed by atoms with Gasteiger partial charge in [0.25, 0.3) is 0 Å². The summed E-state index contributed by atoms with van der Waals surface area (Å²) in [6, 6.07) is 8.34. The van der Waals surface area contributed by atoms with Gasteiger partial charge in [-0.3, -0.25) is 0 Å². The monoisotopic (exact) mass is 225 g/mol. The standard InChI is InChI=1S/C11H15N3.ClH/c12-5-3-10(13)9-2-1-8-4-6-14-11(8)7-9;/h1-2,4,6-7,10,14H,3,5,12-13H2;1H/t10-;/m0./s1. The number of H-pyrrole nitrogens is 1. The molecule has 2 rings (SSSR count). The summed E-state index contributed by atoms with van der Waals surface area (Å²) in [7, 11) is 0. The normalized spacial score (nSPS) is 12.4. The van der Waals surface area contributed by atoms with Crippen molar-refractivity contribution in [3.05, 3.63) is 36.0 Å². The molecule has 2 aromatic rings. The molecule has 0 unspecified atom stereocenters. The summed E-state index contributed by atoms with van der Waals surface area (Å²) < 4.78 is 0. The van der Waals surface area contributed by atoms with Crippen molar-refractivity contribution in [3.8, 4) is 0 Å². The van der Waals surface area contributed by atoms with Crippen molar-refractivity contribution in [3.63, 3.8) is 0 Å². The van der Waals surface area contributed by atoms with Gasteiger partial charge < -0.3 is 16.5 Å². The molecule has 1 aromatic carbocycles. The molecule has 4 heteroatoms. The molecule has 0 amide bonds. The third kappa shape index (κ3) is 2.50. The van der Waals surface area contributed by atoms with Crippen molar-refractivity contribution in [1.29, 1.82) is 0 Å². The first kappa shape index (κ1) is 12.0. The van der Waals surface area contributed by atoms with E-state index in [4.69, 9.17) is 11.5 Å². The van der Waals surface area contributed by atoms with Gasteiger partial charge in [0.2, 0.25) is 0 Å². The first-order valence-electron chi connectivity index (χ1n) is 4.84. The van der Waals surface area contributed by atoms with E-state index in [-0.39, 0.29) is 18.4 Å². The molecule has 15 heavy (non-hydrogen) atoms. The van der Waals surface area contributed by atoms with E-state index in [1.807, 2.05) is 12.3 Å². The zero-order valence-electron chi connectivity index (χ0n) is 8.44. The summed E-state index contributed by atoms with van der Waals surface area (Å²) in [5.74, 6) is 0. The Morgan fingerprint density at radius 3 is 2.80 bits per heavy atom. The second kappa shape index (κ2) is 5.16. The van der Waals surface area contributed by atoms with E-state index >= 15 is 0 Å². The van der Waals surface area contributed by atoms with E-state index in [0.717, 1.165) is 17.5 Å². The minimum atomic E-state index is 0. The quantitative estimate of drug-likeness (QED) is 0.747. The van der Waals surface area contributed by atoms with Gasteiger partial charge in [-0.05, 0) is 36.0 Å². The Hall–Kier alpha value is -1.03. The number of nitrogens with two attached hydrogens (primary N) is 2. The van der Waals surface area contributed by atoms with Gasteiger partial charge in [0.15, 0.2) is 0 Å². The molecular formula is C11H16ClN3. The lowest BCUT2D eigenvalue weighted by Crippen LogP contribution is -2.15. The number of fused-ring (bicyclic) bond motifs is 1. The van der Waals surface area contributed by atoms with Crippen LogP contribution in [-0.4, -0.2) is 11.5 Å². The summed E-state index contributed by atoms with van der Waals surface area (Å²) in [6.07, 6.45) is 2.76. The molecule has 1 atom stereocenters. The average Bonchev–Trinajstić information content (AvgIpc) is 2.64. The van der Waals surface area contributed by atoms with E-state index in [1.54, 1.807) is 0 Å². The molecule has 1 aromatic heterocycles. The average molecular weight is 226 g/mol. The maximum Gasteiger partial charge on any atom is 0.0457 e. The molecule has 0 saturated carbocycles. The van der Waals surface area contributed by atoms with E-state index < -0.39 is 0 Å². The number of rotatable bonds is 3. The number of aromatic nitrogens is 1. The first-order valence-corrected chi connectivity index (χ1v) is 4.84. The van der Waals surface area contributed by atoms with Gasteiger partial charge in [0.1, 0.15) is 0 Å². The van der Waals surface area contributed by atoms with Crippen molar-refractivity contribution >= 4 is 23.3 Å². The van der Waals surface area contributed by atoms with Crippen LogP contribution >= 0.6 is 12.4 Å². The maximum atomic E-state index is 5.97. The van der Waals surface area contributed by atoms with E-state index in [2.05, 4.69) is 23.2 Å². The highest BCUT2D eigenvalue weighted by Crippen LogP contribution is 2.19. The van der Waals surface area contributed by atoms with Crippen LogP contribution in [0.4, 0.5) is 0 Å². The van der Waals surface area contributed by atoms with Crippen LogP contribution in [0, 0.1) is 0 Å². The Bertz CT molecular complexity index is 424. The molecule has 0 aliphatic carbocycles.